The zero-order valence-electron chi connectivity index (χ0n) is 11.4. The molecule has 0 heterocycles. The van der Waals surface area contributed by atoms with Gasteiger partial charge in [-0.15, -0.1) is 6.58 Å². The van der Waals surface area contributed by atoms with E-state index in [1.807, 2.05) is 0 Å². The number of ether oxygens (including phenoxy) is 1. The monoisotopic (exact) mass is 277 g/mol. The van der Waals surface area contributed by atoms with Gasteiger partial charge in [0.2, 0.25) is 5.91 Å². The molecule has 108 valence electrons. The number of anilines is 2. The van der Waals surface area contributed by atoms with Crippen molar-refractivity contribution in [3.8, 4) is 0 Å². The summed E-state index contributed by atoms with van der Waals surface area (Å²) in [5.41, 5.74) is 1.26. The second kappa shape index (κ2) is 8.71. The van der Waals surface area contributed by atoms with Gasteiger partial charge >= 0.3 is 6.09 Å². The molecule has 2 amide bonds. The van der Waals surface area contributed by atoms with Crippen LogP contribution >= 0.6 is 0 Å². The summed E-state index contributed by atoms with van der Waals surface area (Å²) < 4.78 is 4.76. The quantitative estimate of drug-likeness (QED) is 0.526. The normalized spacial score (nSPS) is 9.65. The Kier molecular flexibility index (Phi) is 6.84. The lowest BCUT2D eigenvalue weighted by Gasteiger charge is -2.08. The van der Waals surface area contributed by atoms with Gasteiger partial charge in [-0.25, -0.2) is 4.79 Å². The van der Waals surface area contributed by atoms with Crippen LogP contribution in [-0.4, -0.2) is 31.7 Å². The van der Waals surface area contributed by atoms with Gasteiger partial charge in [-0.2, -0.15) is 0 Å². The molecule has 0 bridgehead atoms. The number of benzene rings is 1. The van der Waals surface area contributed by atoms with E-state index in [1.54, 1.807) is 37.3 Å². The highest BCUT2D eigenvalue weighted by molar-refractivity contribution is 5.92. The summed E-state index contributed by atoms with van der Waals surface area (Å²) >= 11 is 0. The Balaban J connectivity index is 2.43. The molecular formula is C14H19N3O3. The molecule has 0 aliphatic carbocycles. The van der Waals surface area contributed by atoms with Crippen LogP contribution < -0.4 is 16.0 Å². The Bertz CT molecular complexity index is 457. The lowest BCUT2D eigenvalue weighted by Crippen LogP contribution is -2.28. The van der Waals surface area contributed by atoms with Gasteiger partial charge in [0.1, 0.15) is 0 Å². The smallest absolute Gasteiger partial charge is 0.411 e. The Morgan fingerprint density at radius 2 is 1.80 bits per heavy atom. The Hall–Kier alpha value is -2.34. The summed E-state index contributed by atoms with van der Waals surface area (Å²) in [6.45, 7) is 6.40. The van der Waals surface area contributed by atoms with E-state index in [9.17, 15) is 9.59 Å². The second-order valence-electron chi connectivity index (χ2n) is 3.89. The first-order valence-corrected chi connectivity index (χ1v) is 6.31. The zero-order chi connectivity index (χ0) is 14.8. The third kappa shape index (κ3) is 6.01. The third-order valence-corrected chi connectivity index (χ3v) is 2.26. The van der Waals surface area contributed by atoms with Crippen molar-refractivity contribution in [2.24, 2.45) is 0 Å². The number of carbonyl (C=O) groups excluding carboxylic acids is 2. The maximum atomic E-state index is 11.5. The van der Waals surface area contributed by atoms with Crippen LogP contribution in [0.15, 0.2) is 36.9 Å². The summed E-state index contributed by atoms with van der Waals surface area (Å²) in [5.74, 6) is -0.141. The average molecular weight is 277 g/mol. The summed E-state index contributed by atoms with van der Waals surface area (Å²) in [5, 5.41) is 8.20. The molecule has 6 heteroatoms. The van der Waals surface area contributed by atoms with E-state index in [2.05, 4.69) is 22.5 Å². The topological polar surface area (TPSA) is 79.5 Å². The van der Waals surface area contributed by atoms with Gasteiger partial charge in [-0.05, 0) is 31.2 Å². The van der Waals surface area contributed by atoms with E-state index in [0.29, 0.717) is 24.5 Å². The van der Waals surface area contributed by atoms with Crippen molar-refractivity contribution in [2.75, 3.05) is 30.3 Å². The van der Waals surface area contributed by atoms with Crippen molar-refractivity contribution in [1.82, 2.24) is 5.32 Å². The molecule has 0 radical (unpaired) electrons. The molecule has 20 heavy (non-hydrogen) atoms. The molecule has 0 aromatic heterocycles. The molecule has 0 aliphatic heterocycles. The van der Waals surface area contributed by atoms with E-state index in [1.165, 1.54) is 0 Å². The standard InChI is InChI=1S/C14H19N3O3/c1-3-9-15-10-13(18)16-11-5-7-12(8-6-11)17-14(19)20-4-2/h3,5-8,15H,1,4,9-10H2,2H3,(H,16,18)(H,17,19). The minimum absolute atomic E-state index is 0.141. The van der Waals surface area contributed by atoms with Gasteiger partial charge in [0.15, 0.2) is 0 Å². The van der Waals surface area contributed by atoms with Gasteiger partial charge < -0.3 is 15.4 Å². The first kappa shape index (κ1) is 15.7. The predicted octanol–water partition coefficient (Wildman–Crippen LogP) is 1.97. The highest BCUT2D eigenvalue weighted by Crippen LogP contribution is 2.13. The van der Waals surface area contributed by atoms with Crippen molar-refractivity contribution in [1.29, 1.82) is 0 Å². The van der Waals surface area contributed by atoms with Crippen molar-refractivity contribution < 1.29 is 14.3 Å². The molecule has 0 spiro atoms. The number of amides is 2. The maximum absolute atomic E-state index is 11.5. The summed E-state index contributed by atoms with van der Waals surface area (Å²) in [6, 6.07) is 6.77. The Morgan fingerprint density at radius 3 is 2.35 bits per heavy atom. The molecule has 3 N–H and O–H groups in total. The molecule has 1 aromatic carbocycles. The summed E-state index contributed by atoms with van der Waals surface area (Å²) in [4.78, 5) is 22.7. The predicted molar refractivity (Wildman–Crippen MR) is 78.8 cm³/mol. The largest absolute Gasteiger partial charge is 0.450 e. The van der Waals surface area contributed by atoms with Crippen LogP contribution in [0, 0.1) is 0 Å². The van der Waals surface area contributed by atoms with Gasteiger partial charge in [0, 0.05) is 17.9 Å². The van der Waals surface area contributed by atoms with Crippen molar-refractivity contribution >= 4 is 23.4 Å². The van der Waals surface area contributed by atoms with E-state index in [-0.39, 0.29) is 12.5 Å². The first-order valence-electron chi connectivity index (χ1n) is 6.31. The van der Waals surface area contributed by atoms with Crippen LogP contribution in [-0.2, 0) is 9.53 Å². The van der Waals surface area contributed by atoms with Crippen LogP contribution in [0.4, 0.5) is 16.2 Å². The van der Waals surface area contributed by atoms with Crippen LogP contribution in [0.2, 0.25) is 0 Å². The maximum Gasteiger partial charge on any atom is 0.411 e. The lowest BCUT2D eigenvalue weighted by atomic mass is 10.3. The number of hydrogen-bond acceptors (Lipinski definition) is 4. The zero-order valence-corrected chi connectivity index (χ0v) is 11.4. The molecule has 0 fully saturated rings. The van der Waals surface area contributed by atoms with Crippen LogP contribution in [0.3, 0.4) is 0 Å². The number of carbonyl (C=O) groups is 2. The highest BCUT2D eigenvalue weighted by Gasteiger charge is 2.03. The molecule has 0 atom stereocenters. The SMILES string of the molecule is C=CCNCC(=O)Nc1ccc(NC(=O)OCC)cc1. The van der Waals surface area contributed by atoms with E-state index in [0.717, 1.165) is 0 Å². The highest BCUT2D eigenvalue weighted by atomic mass is 16.5. The molecule has 0 aliphatic rings. The third-order valence-electron chi connectivity index (χ3n) is 2.26. The fourth-order valence-corrected chi connectivity index (χ4v) is 1.41. The molecule has 6 nitrogen and oxygen atoms in total. The van der Waals surface area contributed by atoms with Gasteiger partial charge in [0.05, 0.1) is 13.2 Å². The number of hydrogen-bond donors (Lipinski definition) is 3. The molecule has 0 unspecified atom stereocenters. The lowest BCUT2D eigenvalue weighted by molar-refractivity contribution is -0.115. The van der Waals surface area contributed by atoms with E-state index >= 15 is 0 Å². The molecule has 1 aromatic rings. The minimum atomic E-state index is -0.502. The first-order chi connectivity index (χ1) is 9.65. The minimum Gasteiger partial charge on any atom is -0.450 e. The average Bonchev–Trinajstić information content (AvgIpc) is 2.41. The van der Waals surface area contributed by atoms with Crippen LogP contribution in [0.1, 0.15) is 6.92 Å². The van der Waals surface area contributed by atoms with E-state index < -0.39 is 6.09 Å². The van der Waals surface area contributed by atoms with Crippen molar-refractivity contribution in [3.05, 3.63) is 36.9 Å². The summed E-state index contributed by atoms with van der Waals surface area (Å²) in [6.07, 6.45) is 1.18. The Labute approximate surface area is 118 Å². The van der Waals surface area contributed by atoms with Crippen molar-refractivity contribution in [3.63, 3.8) is 0 Å². The van der Waals surface area contributed by atoms with Crippen LogP contribution in [0.5, 0.6) is 0 Å². The molecular weight excluding hydrogens is 258 g/mol. The van der Waals surface area contributed by atoms with Gasteiger partial charge in [-0.1, -0.05) is 6.08 Å². The fraction of sp³-hybridized carbons (Fsp3) is 0.286. The Morgan fingerprint density at radius 1 is 1.20 bits per heavy atom. The van der Waals surface area contributed by atoms with Gasteiger partial charge in [0.25, 0.3) is 0 Å². The molecule has 1 rings (SSSR count). The molecule has 0 saturated carbocycles. The number of nitrogens with one attached hydrogen (secondary N) is 3. The van der Waals surface area contributed by atoms with Crippen molar-refractivity contribution in [2.45, 2.75) is 6.92 Å². The number of rotatable bonds is 7. The van der Waals surface area contributed by atoms with Crippen LogP contribution in [0.25, 0.3) is 0 Å². The summed E-state index contributed by atoms with van der Waals surface area (Å²) in [7, 11) is 0. The molecule has 0 saturated heterocycles. The van der Waals surface area contributed by atoms with E-state index in [4.69, 9.17) is 4.74 Å². The second-order valence-corrected chi connectivity index (χ2v) is 3.89. The van der Waals surface area contributed by atoms with Gasteiger partial charge in [-0.3, -0.25) is 10.1 Å². The fourth-order valence-electron chi connectivity index (χ4n) is 1.41.